The van der Waals surface area contributed by atoms with Crippen LogP contribution in [0.2, 0.25) is 10.0 Å². The van der Waals surface area contributed by atoms with E-state index in [2.05, 4.69) is 0 Å². The molecule has 0 aliphatic carbocycles. The smallest absolute Gasteiger partial charge is 0.307 e. The molecule has 0 unspecified atom stereocenters. The van der Waals surface area contributed by atoms with Crippen molar-refractivity contribution >= 4 is 40.5 Å². The quantitative estimate of drug-likeness (QED) is 0.940. The normalized spacial score (nSPS) is 10.6. The summed E-state index contributed by atoms with van der Waals surface area (Å²) in [4.78, 5) is 22.1. The minimum absolute atomic E-state index is 0.106. The van der Waals surface area contributed by atoms with E-state index >= 15 is 0 Å². The summed E-state index contributed by atoms with van der Waals surface area (Å²) >= 11 is 12.8. The SMILES string of the molecule is O=C(O)CCn1c(-c2ccc(Cl)c(Cl)c2)csc1=O. The number of carboxylic acid groups (broad SMARTS) is 1. The fraction of sp³-hybridized carbons (Fsp3) is 0.167. The number of hydrogen-bond acceptors (Lipinski definition) is 3. The highest BCUT2D eigenvalue weighted by Gasteiger charge is 2.11. The Hall–Kier alpha value is -1.30. The lowest BCUT2D eigenvalue weighted by Crippen LogP contribution is -2.16. The van der Waals surface area contributed by atoms with Crippen LogP contribution in [-0.4, -0.2) is 15.6 Å². The van der Waals surface area contributed by atoms with Gasteiger partial charge in [-0.05, 0) is 12.1 Å². The monoisotopic (exact) mass is 317 g/mol. The average Bonchev–Trinajstić information content (AvgIpc) is 2.71. The summed E-state index contributed by atoms with van der Waals surface area (Å²) in [6.07, 6.45) is -0.106. The molecule has 0 saturated carbocycles. The maximum absolute atomic E-state index is 11.7. The fourth-order valence-corrected chi connectivity index (χ4v) is 2.72. The molecule has 0 atom stereocenters. The summed E-state index contributed by atoms with van der Waals surface area (Å²) in [5.41, 5.74) is 1.38. The zero-order chi connectivity index (χ0) is 14.0. The maximum Gasteiger partial charge on any atom is 0.307 e. The van der Waals surface area contributed by atoms with Gasteiger partial charge in [-0.15, -0.1) is 0 Å². The van der Waals surface area contributed by atoms with Crippen molar-refractivity contribution in [2.45, 2.75) is 13.0 Å². The molecule has 1 aromatic carbocycles. The first-order valence-electron chi connectivity index (χ1n) is 5.34. The van der Waals surface area contributed by atoms with Crippen LogP contribution in [0.1, 0.15) is 6.42 Å². The third-order valence-electron chi connectivity index (χ3n) is 2.55. The average molecular weight is 318 g/mol. The van der Waals surface area contributed by atoms with Crippen LogP contribution in [0.5, 0.6) is 0 Å². The first-order valence-corrected chi connectivity index (χ1v) is 6.98. The van der Waals surface area contributed by atoms with Gasteiger partial charge >= 0.3 is 10.8 Å². The van der Waals surface area contributed by atoms with Crippen molar-refractivity contribution in [3.63, 3.8) is 0 Å². The highest BCUT2D eigenvalue weighted by Crippen LogP contribution is 2.28. The van der Waals surface area contributed by atoms with E-state index in [1.807, 2.05) is 0 Å². The lowest BCUT2D eigenvalue weighted by molar-refractivity contribution is -0.137. The molecule has 0 aliphatic rings. The van der Waals surface area contributed by atoms with Gasteiger partial charge in [0.05, 0.1) is 22.2 Å². The van der Waals surface area contributed by atoms with E-state index < -0.39 is 5.97 Å². The molecular formula is C12H9Cl2NO3S. The van der Waals surface area contributed by atoms with Crippen LogP contribution >= 0.6 is 34.5 Å². The minimum Gasteiger partial charge on any atom is -0.481 e. The molecule has 2 rings (SSSR count). The van der Waals surface area contributed by atoms with Crippen LogP contribution in [0, 0.1) is 0 Å². The Morgan fingerprint density at radius 1 is 1.32 bits per heavy atom. The summed E-state index contributed by atoms with van der Waals surface area (Å²) in [5.74, 6) is -0.946. The molecule has 0 amide bonds. The molecule has 0 saturated heterocycles. The van der Waals surface area contributed by atoms with Gasteiger partial charge in [0.15, 0.2) is 0 Å². The number of rotatable bonds is 4. The van der Waals surface area contributed by atoms with Crippen LogP contribution < -0.4 is 4.87 Å². The van der Waals surface area contributed by atoms with Gasteiger partial charge in [-0.1, -0.05) is 40.6 Å². The third-order valence-corrected chi connectivity index (χ3v) is 4.05. The van der Waals surface area contributed by atoms with Crippen molar-refractivity contribution in [1.29, 1.82) is 0 Å². The highest BCUT2D eigenvalue weighted by molar-refractivity contribution is 7.07. The lowest BCUT2D eigenvalue weighted by atomic mass is 10.1. The van der Waals surface area contributed by atoms with Crippen LogP contribution in [0.4, 0.5) is 0 Å². The first-order chi connectivity index (χ1) is 8.99. The van der Waals surface area contributed by atoms with Gasteiger partial charge in [0.1, 0.15) is 0 Å². The number of aliphatic carboxylic acids is 1. The predicted molar refractivity (Wildman–Crippen MR) is 76.3 cm³/mol. The molecular weight excluding hydrogens is 309 g/mol. The van der Waals surface area contributed by atoms with Gasteiger partial charge in [0, 0.05) is 17.5 Å². The van der Waals surface area contributed by atoms with E-state index in [1.165, 1.54) is 4.57 Å². The molecule has 1 heterocycles. The molecule has 7 heteroatoms. The molecule has 4 nitrogen and oxygen atoms in total. The van der Waals surface area contributed by atoms with Crippen molar-refractivity contribution < 1.29 is 9.90 Å². The van der Waals surface area contributed by atoms with Crippen molar-refractivity contribution in [3.05, 3.63) is 43.3 Å². The second-order valence-electron chi connectivity index (χ2n) is 3.81. The van der Waals surface area contributed by atoms with Gasteiger partial charge in [-0.2, -0.15) is 0 Å². The van der Waals surface area contributed by atoms with Crippen molar-refractivity contribution in [1.82, 2.24) is 4.57 Å². The van der Waals surface area contributed by atoms with Gasteiger partial charge in [-0.3, -0.25) is 14.2 Å². The fourth-order valence-electron chi connectivity index (χ4n) is 1.63. The van der Waals surface area contributed by atoms with E-state index in [9.17, 15) is 9.59 Å². The number of thiazole rings is 1. The highest BCUT2D eigenvalue weighted by atomic mass is 35.5. The van der Waals surface area contributed by atoms with E-state index in [0.717, 1.165) is 16.9 Å². The van der Waals surface area contributed by atoms with Crippen LogP contribution in [-0.2, 0) is 11.3 Å². The number of aromatic nitrogens is 1. The lowest BCUT2D eigenvalue weighted by Gasteiger charge is -2.07. The van der Waals surface area contributed by atoms with Gasteiger partial charge in [0.25, 0.3) is 0 Å². The number of hydrogen-bond donors (Lipinski definition) is 1. The standard InChI is InChI=1S/C12H9Cl2NO3S/c13-8-2-1-7(5-9(8)14)10-6-19-12(18)15(10)4-3-11(16)17/h1-2,5-6H,3-4H2,(H,16,17). The van der Waals surface area contributed by atoms with Crippen LogP contribution in [0.25, 0.3) is 11.3 Å². The zero-order valence-corrected chi connectivity index (χ0v) is 11.9. The Kier molecular flexibility index (Phi) is 4.29. The van der Waals surface area contributed by atoms with Crippen LogP contribution in [0.3, 0.4) is 0 Å². The number of carboxylic acids is 1. The Labute approximate surface area is 122 Å². The molecule has 0 aliphatic heterocycles. The van der Waals surface area contributed by atoms with E-state index in [1.54, 1.807) is 23.6 Å². The Balaban J connectivity index is 2.41. The van der Waals surface area contributed by atoms with Crippen molar-refractivity contribution in [2.24, 2.45) is 0 Å². The molecule has 1 N–H and O–H groups in total. The third kappa shape index (κ3) is 3.18. The Morgan fingerprint density at radius 2 is 2.05 bits per heavy atom. The second kappa shape index (κ2) is 5.77. The summed E-state index contributed by atoms with van der Waals surface area (Å²) < 4.78 is 1.43. The van der Waals surface area contributed by atoms with E-state index in [-0.39, 0.29) is 17.8 Å². The largest absolute Gasteiger partial charge is 0.481 e. The molecule has 100 valence electrons. The van der Waals surface area contributed by atoms with E-state index in [0.29, 0.717) is 15.7 Å². The summed E-state index contributed by atoms with van der Waals surface area (Å²) in [6, 6.07) is 5.04. The number of benzene rings is 1. The minimum atomic E-state index is -0.946. The van der Waals surface area contributed by atoms with Gasteiger partial charge in [-0.25, -0.2) is 0 Å². The Morgan fingerprint density at radius 3 is 2.68 bits per heavy atom. The number of nitrogens with zero attached hydrogens (tertiary/aromatic N) is 1. The summed E-state index contributed by atoms with van der Waals surface area (Å²) in [5, 5.41) is 11.2. The number of halogens is 2. The van der Waals surface area contributed by atoms with Crippen molar-refractivity contribution in [3.8, 4) is 11.3 Å². The topological polar surface area (TPSA) is 59.3 Å². The molecule has 1 aromatic heterocycles. The predicted octanol–water partition coefficient (Wildman–Crippen LogP) is 3.36. The molecule has 0 radical (unpaired) electrons. The van der Waals surface area contributed by atoms with E-state index in [4.69, 9.17) is 28.3 Å². The zero-order valence-electron chi connectivity index (χ0n) is 9.60. The maximum atomic E-state index is 11.7. The molecule has 19 heavy (non-hydrogen) atoms. The van der Waals surface area contributed by atoms with Crippen LogP contribution in [0.15, 0.2) is 28.4 Å². The molecule has 2 aromatic rings. The first kappa shape index (κ1) is 14.1. The number of carbonyl (C=O) groups is 1. The van der Waals surface area contributed by atoms with Crippen molar-refractivity contribution in [2.75, 3.05) is 0 Å². The van der Waals surface area contributed by atoms with Gasteiger partial charge < -0.3 is 5.11 Å². The molecule has 0 bridgehead atoms. The second-order valence-corrected chi connectivity index (χ2v) is 5.45. The summed E-state index contributed by atoms with van der Waals surface area (Å²) in [6.45, 7) is 0.132. The summed E-state index contributed by atoms with van der Waals surface area (Å²) in [7, 11) is 0. The molecule has 0 spiro atoms. The van der Waals surface area contributed by atoms with Gasteiger partial charge in [0.2, 0.25) is 0 Å². The Bertz CT molecular complexity index is 678. The molecule has 0 fully saturated rings.